The van der Waals surface area contributed by atoms with E-state index in [1.807, 2.05) is 6.07 Å². The Bertz CT molecular complexity index is 831. The number of anilines is 1. The average Bonchev–Trinajstić information content (AvgIpc) is 2.49. The summed E-state index contributed by atoms with van der Waals surface area (Å²) in [6.45, 7) is 0. The highest BCUT2D eigenvalue weighted by molar-refractivity contribution is 9.10. The molecule has 21 heavy (non-hydrogen) atoms. The lowest BCUT2D eigenvalue weighted by Gasteiger charge is -2.20. The minimum Gasteiger partial charge on any atom is -0.268 e. The Hall–Kier alpha value is -1.55. The lowest BCUT2D eigenvalue weighted by molar-refractivity contribution is 0.594. The van der Waals surface area contributed by atoms with E-state index in [4.69, 9.17) is 16.9 Å². The van der Waals surface area contributed by atoms with Crippen molar-refractivity contribution in [3.8, 4) is 6.07 Å². The molecule has 0 unspecified atom stereocenters. The molecule has 0 bridgehead atoms. The molecule has 0 saturated heterocycles. The van der Waals surface area contributed by atoms with Crippen molar-refractivity contribution in [2.45, 2.75) is 4.90 Å². The van der Waals surface area contributed by atoms with Crippen LogP contribution in [0, 0.1) is 11.3 Å². The lowest BCUT2D eigenvalue weighted by atomic mass is 10.2. The Kier molecular flexibility index (Phi) is 4.57. The lowest BCUT2D eigenvalue weighted by Crippen LogP contribution is -2.27. The van der Waals surface area contributed by atoms with Gasteiger partial charge in [0.25, 0.3) is 10.0 Å². The Balaban J connectivity index is 2.53. The van der Waals surface area contributed by atoms with E-state index in [2.05, 4.69) is 15.9 Å². The van der Waals surface area contributed by atoms with Gasteiger partial charge in [0.05, 0.1) is 21.2 Å². The molecule has 0 fully saturated rings. The minimum absolute atomic E-state index is 0.0917. The molecule has 7 heteroatoms. The number of halogens is 2. The molecule has 0 aliphatic heterocycles. The monoisotopic (exact) mass is 384 g/mol. The molecule has 0 atom stereocenters. The number of para-hydroxylation sites is 1. The second-order valence-corrected chi connectivity index (χ2v) is 7.41. The van der Waals surface area contributed by atoms with Crippen LogP contribution in [0.3, 0.4) is 0 Å². The molecular formula is C14H10BrClN2O2S. The number of hydrogen-bond donors (Lipinski definition) is 0. The Morgan fingerprint density at radius 1 is 1.24 bits per heavy atom. The normalized spacial score (nSPS) is 11.0. The van der Waals surface area contributed by atoms with Gasteiger partial charge in [0.15, 0.2) is 0 Å². The summed E-state index contributed by atoms with van der Waals surface area (Å²) in [4.78, 5) is 0.0917. The number of hydrogen-bond acceptors (Lipinski definition) is 3. The molecule has 2 aromatic rings. The fourth-order valence-electron chi connectivity index (χ4n) is 1.77. The van der Waals surface area contributed by atoms with Crippen LogP contribution in [-0.4, -0.2) is 15.5 Å². The molecule has 0 aliphatic carbocycles. The van der Waals surface area contributed by atoms with Gasteiger partial charge >= 0.3 is 0 Å². The van der Waals surface area contributed by atoms with Crippen LogP contribution in [0.1, 0.15) is 5.56 Å². The highest BCUT2D eigenvalue weighted by atomic mass is 79.9. The van der Waals surface area contributed by atoms with Gasteiger partial charge in [0, 0.05) is 11.5 Å². The van der Waals surface area contributed by atoms with E-state index in [1.54, 1.807) is 24.3 Å². The molecule has 108 valence electrons. The number of rotatable bonds is 3. The maximum Gasteiger partial charge on any atom is 0.264 e. The van der Waals surface area contributed by atoms with Gasteiger partial charge in [-0.1, -0.05) is 23.7 Å². The van der Waals surface area contributed by atoms with Crippen LogP contribution in [0.5, 0.6) is 0 Å². The molecule has 0 radical (unpaired) electrons. The van der Waals surface area contributed by atoms with E-state index in [0.717, 1.165) is 4.31 Å². The van der Waals surface area contributed by atoms with Gasteiger partial charge in [-0.05, 0) is 46.3 Å². The summed E-state index contributed by atoms with van der Waals surface area (Å²) in [5.74, 6) is 0. The van der Waals surface area contributed by atoms with Gasteiger partial charge in [-0.15, -0.1) is 0 Å². The molecular weight excluding hydrogens is 376 g/mol. The third-order valence-electron chi connectivity index (χ3n) is 2.91. The third kappa shape index (κ3) is 3.05. The largest absolute Gasteiger partial charge is 0.268 e. The summed E-state index contributed by atoms with van der Waals surface area (Å²) in [7, 11) is -2.36. The first-order valence-corrected chi connectivity index (χ1v) is 8.42. The first-order chi connectivity index (χ1) is 9.87. The standard InChI is InChI=1S/C14H10BrClN2O2S/c1-18(14-5-3-2-4-10(14)9-17)21(19,20)11-6-7-13(16)12(15)8-11/h2-8H,1H3. The van der Waals surface area contributed by atoms with Crippen LogP contribution in [0.25, 0.3) is 0 Å². The molecule has 2 rings (SSSR count). The van der Waals surface area contributed by atoms with Gasteiger partial charge < -0.3 is 0 Å². The number of benzene rings is 2. The van der Waals surface area contributed by atoms with Crippen LogP contribution in [0.4, 0.5) is 5.69 Å². The average molecular weight is 386 g/mol. The summed E-state index contributed by atoms with van der Waals surface area (Å²) in [6, 6.07) is 12.9. The van der Waals surface area contributed by atoms with E-state index < -0.39 is 10.0 Å². The van der Waals surface area contributed by atoms with Crippen molar-refractivity contribution in [3.63, 3.8) is 0 Å². The van der Waals surface area contributed by atoms with Crippen LogP contribution < -0.4 is 4.31 Å². The summed E-state index contributed by atoms with van der Waals surface area (Å²) < 4.78 is 26.8. The summed E-state index contributed by atoms with van der Waals surface area (Å²) in [6.07, 6.45) is 0. The van der Waals surface area contributed by atoms with E-state index in [-0.39, 0.29) is 10.5 Å². The maximum atomic E-state index is 12.6. The Labute approximate surface area is 136 Å². The van der Waals surface area contributed by atoms with E-state index in [1.165, 1.54) is 25.2 Å². The van der Waals surface area contributed by atoms with Gasteiger partial charge in [0.2, 0.25) is 0 Å². The van der Waals surface area contributed by atoms with Crippen LogP contribution in [-0.2, 0) is 10.0 Å². The first kappa shape index (κ1) is 15.8. The van der Waals surface area contributed by atoms with Crippen molar-refractivity contribution >= 4 is 43.2 Å². The zero-order valence-corrected chi connectivity index (χ0v) is 14.1. The minimum atomic E-state index is -3.77. The molecule has 0 saturated carbocycles. The topological polar surface area (TPSA) is 61.2 Å². The molecule has 0 heterocycles. The number of sulfonamides is 1. The quantitative estimate of drug-likeness (QED) is 0.807. The molecule has 2 aromatic carbocycles. The van der Waals surface area contributed by atoms with E-state index in [0.29, 0.717) is 15.2 Å². The molecule has 4 nitrogen and oxygen atoms in total. The Morgan fingerprint density at radius 2 is 1.90 bits per heavy atom. The predicted molar refractivity (Wildman–Crippen MR) is 85.9 cm³/mol. The predicted octanol–water partition coefficient (Wildman–Crippen LogP) is 3.80. The van der Waals surface area contributed by atoms with Crippen molar-refractivity contribution < 1.29 is 8.42 Å². The molecule has 0 spiro atoms. The van der Waals surface area contributed by atoms with Gasteiger partial charge in [-0.2, -0.15) is 5.26 Å². The Morgan fingerprint density at radius 3 is 2.52 bits per heavy atom. The molecule has 0 amide bonds. The van der Waals surface area contributed by atoms with Crippen molar-refractivity contribution in [2.24, 2.45) is 0 Å². The zero-order valence-electron chi connectivity index (χ0n) is 10.9. The molecule has 0 aliphatic rings. The van der Waals surface area contributed by atoms with Crippen LogP contribution in [0.2, 0.25) is 5.02 Å². The highest BCUT2D eigenvalue weighted by Crippen LogP contribution is 2.29. The fraction of sp³-hybridized carbons (Fsp3) is 0.0714. The van der Waals surface area contributed by atoms with Crippen LogP contribution in [0.15, 0.2) is 51.8 Å². The van der Waals surface area contributed by atoms with Crippen molar-refractivity contribution in [1.82, 2.24) is 0 Å². The third-order valence-corrected chi connectivity index (χ3v) is 5.89. The second-order valence-electron chi connectivity index (χ2n) is 4.18. The first-order valence-electron chi connectivity index (χ1n) is 5.81. The maximum absolute atomic E-state index is 12.6. The zero-order chi connectivity index (χ0) is 15.6. The fourth-order valence-corrected chi connectivity index (χ4v) is 3.66. The number of nitrogens with zero attached hydrogens (tertiary/aromatic N) is 2. The molecule has 0 N–H and O–H groups in total. The SMILES string of the molecule is CN(c1ccccc1C#N)S(=O)(=O)c1ccc(Cl)c(Br)c1. The van der Waals surface area contributed by atoms with Crippen molar-refractivity contribution in [3.05, 3.63) is 57.5 Å². The number of nitriles is 1. The summed E-state index contributed by atoms with van der Waals surface area (Å²) >= 11 is 9.08. The highest BCUT2D eigenvalue weighted by Gasteiger charge is 2.23. The van der Waals surface area contributed by atoms with Crippen molar-refractivity contribution in [2.75, 3.05) is 11.4 Å². The van der Waals surface area contributed by atoms with Crippen molar-refractivity contribution in [1.29, 1.82) is 5.26 Å². The van der Waals surface area contributed by atoms with E-state index >= 15 is 0 Å². The van der Waals surface area contributed by atoms with Gasteiger partial charge in [-0.25, -0.2) is 8.42 Å². The van der Waals surface area contributed by atoms with Crippen LogP contribution >= 0.6 is 27.5 Å². The summed E-state index contributed by atoms with van der Waals surface area (Å²) in [5.41, 5.74) is 0.614. The molecule has 0 aromatic heterocycles. The van der Waals surface area contributed by atoms with Gasteiger partial charge in [0.1, 0.15) is 6.07 Å². The smallest absolute Gasteiger partial charge is 0.264 e. The van der Waals surface area contributed by atoms with Gasteiger partial charge in [-0.3, -0.25) is 4.31 Å². The summed E-state index contributed by atoms with van der Waals surface area (Å²) in [5, 5.41) is 9.51. The second kappa shape index (κ2) is 6.06. The van der Waals surface area contributed by atoms with E-state index in [9.17, 15) is 8.42 Å².